The van der Waals surface area contributed by atoms with Crippen LogP contribution in [0.4, 0.5) is 11.4 Å². The third-order valence-corrected chi connectivity index (χ3v) is 4.50. The van der Waals surface area contributed by atoms with Crippen LogP contribution in [0.5, 0.6) is 0 Å². The summed E-state index contributed by atoms with van der Waals surface area (Å²) in [6.45, 7) is 1.66. The van der Waals surface area contributed by atoms with Crippen LogP contribution < -0.4 is 10.7 Å². The summed E-state index contributed by atoms with van der Waals surface area (Å²) in [5, 5.41) is 17.3. The lowest BCUT2D eigenvalue weighted by molar-refractivity contribution is -0.384. The molecule has 28 heavy (non-hydrogen) atoms. The van der Waals surface area contributed by atoms with Crippen LogP contribution in [-0.2, 0) is 15.3 Å². The second-order valence-corrected chi connectivity index (χ2v) is 6.87. The van der Waals surface area contributed by atoms with E-state index in [4.69, 9.17) is 0 Å². The van der Waals surface area contributed by atoms with Gasteiger partial charge in [0, 0.05) is 29.3 Å². The molecule has 0 unspecified atom stereocenters. The van der Waals surface area contributed by atoms with Gasteiger partial charge in [-0.3, -0.25) is 19.7 Å². The number of thioether (sulfide) groups is 1. The quantitative estimate of drug-likeness (QED) is 0.381. The summed E-state index contributed by atoms with van der Waals surface area (Å²) in [5.74, 6) is 0.237. The average Bonchev–Trinajstić information content (AvgIpc) is 2.67. The molecule has 0 saturated heterocycles. The van der Waals surface area contributed by atoms with Crippen molar-refractivity contribution in [3.8, 4) is 0 Å². The molecule has 0 bridgehead atoms. The number of nitrogens with one attached hydrogen (secondary N) is 2. The lowest BCUT2D eigenvalue weighted by Gasteiger charge is -2.05. The Bertz CT molecular complexity index is 854. The van der Waals surface area contributed by atoms with Crippen LogP contribution in [0.2, 0.25) is 0 Å². The number of nitro benzene ring substituents is 1. The van der Waals surface area contributed by atoms with Crippen molar-refractivity contribution in [1.29, 1.82) is 0 Å². The molecule has 2 aromatic carbocycles. The van der Waals surface area contributed by atoms with Crippen molar-refractivity contribution in [3.05, 3.63) is 70.3 Å². The molecule has 0 aliphatic carbocycles. The maximum atomic E-state index is 11.9. The lowest BCUT2D eigenvalue weighted by Crippen LogP contribution is -2.22. The Morgan fingerprint density at radius 2 is 1.75 bits per heavy atom. The molecule has 0 radical (unpaired) electrons. The molecule has 2 aromatic rings. The Morgan fingerprint density at radius 1 is 1.07 bits per heavy atom. The van der Waals surface area contributed by atoms with Crippen LogP contribution in [0.3, 0.4) is 0 Å². The zero-order valence-electron chi connectivity index (χ0n) is 15.3. The van der Waals surface area contributed by atoms with E-state index in [1.165, 1.54) is 23.9 Å². The summed E-state index contributed by atoms with van der Waals surface area (Å²) in [6, 6.07) is 15.3. The molecule has 0 aromatic heterocycles. The SMILES string of the molecule is C/C(CC(=O)Nc1ccccc1)=N/NC(=O)CSCc1ccc([N+](=O)[O-])cc1. The molecule has 0 spiro atoms. The third kappa shape index (κ3) is 7.58. The molecule has 9 heteroatoms. The van der Waals surface area contributed by atoms with Gasteiger partial charge in [-0.2, -0.15) is 5.10 Å². The molecule has 0 heterocycles. The number of carbonyl (C=O) groups is 2. The van der Waals surface area contributed by atoms with Crippen molar-refractivity contribution in [3.63, 3.8) is 0 Å². The minimum Gasteiger partial charge on any atom is -0.326 e. The van der Waals surface area contributed by atoms with E-state index < -0.39 is 4.92 Å². The molecular weight excluding hydrogens is 380 g/mol. The molecular formula is C19H20N4O4S. The van der Waals surface area contributed by atoms with Crippen LogP contribution >= 0.6 is 11.8 Å². The predicted molar refractivity (Wildman–Crippen MR) is 110 cm³/mol. The van der Waals surface area contributed by atoms with Crippen LogP contribution in [0.1, 0.15) is 18.9 Å². The van der Waals surface area contributed by atoms with Gasteiger partial charge >= 0.3 is 0 Å². The van der Waals surface area contributed by atoms with E-state index in [9.17, 15) is 19.7 Å². The zero-order valence-corrected chi connectivity index (χ0v) is 16.1. The van der Waals surface area contributed by atoms with E-state index in [1.807, 2.05) is 18.2 Å². The molecule has 0 aliphatic rings. The number of anilines is 1. The standard InChI is InChI=1S/C19H20N4O4S/c1-14(11-18(24)20-16-5-3-2-4-6-16)21-22-19(25)13-28-12-15-7-9-17(10-8-15)23(26)27/h2-10H,11-13H2,1H3,(H,20,24)(H,22,25)/b21-14-. The van der Waals surface area contributed by atoms with E-state index in [0.717, 1.165) is 5.56 Å². The van der Waals surface area contributed by atoms with Gasteiger partial charge in [0.15, 0.2) is 0 Å². The number of hydrogen-bond donors (Lipinski definition) is 2. The highest BCUT2D eigenvalue weighted by Gasteiger charge is 2.07. The number of para-hydroxylation sites is 1. The number of hydrazone groups is 1. The first-order valence-corrected chi connectivity index (χ1v) is 9.57. The molecule has 146 valence electrons. The summed E-state index contributed by atoms with van der Waals surface area (Å²) in [7, 11) is 0. The first-order valence-electron chi connectivity index (χ1n) is 8.42. The molecule has 8 nitrogen and oxygen atoms in total. The molecule has 0 aliphatic heterocycles. The Kier molecular flexibility index (Phi) is 8.16. The Morgan fingerprint density at radius 3 is 2.39 bits per heavy atom. The second-order valence-electron chi connectivity index (χ2n) is 5.89. The van der Waals surface area contributed by atoms with Crippen molar-refractivity contribution in [2.24, 2.45) is 5.10 Å². The van der Waals surface area contributed by atoms with Gasteiger partial charge in [-0.25, -0.2) is 5.43 Å². The highest BCUT2D eigenvalue weighted by Crippen LogP contribution is 2.16. The number of non-ortho nitro benzene ring substituents is 1. The van der Waals surface area contributed by atoms with Crippen molar-refractivity contribution < 1.29 is 14.5 Å². The van der Waals surface area contributed by atoms with Crippen molar-refractivity contribution in [2.45, 2.75) is 19.1 Å². The van der Waals surface area contributed by atoms with Gasteiger partial charge in [0.05, 0.1) is 17.1 Å². The first kappa shape index (κ1) is 21.1. The second kappa shape index (κ2) is 10.8. The van der Waals surface area contributed by atoms with E-state index in [2.05, 4.69) is 15.8 Å². The molecule has 0 atom stereocenters. The summed E-state index contributed by atoms with van der Waals surface area (Å²) in [4.78, 5) is 33.9. The van der Waals surface area contributed by atoms with Crippen LogP contribution in [0.15, 0.2) is 59.7 Å². The summed E-state index contributed by atoms with van der Waals surface area (Å²) < 4.78 is 0. The van der Waals surface area contributed by atoms with Crippen molar-refractivity contribution in [1.82, 2.24) is 5.43 Å². The third-order valence-electron chi connectivity index (χ3n) is 3.49. The summed E-state index contributed by atoms with van der Waals surface area (Å²) in [5.41, 5.74) is 4.53. The molecule has 2 rings (SSSR count). The predicted octanol–water partition coefficient (Wildman–Crippen LogP) is 3.35. The number of carbonyl (C=O) groups excluding carboxylic acids is 2. The minimum absolute atomic E-state index is 0.0348. The maximum absolute atomic E-state index is 11.9. The summed E-state index contributed by atoms with van der Waals surface area (Å²) in [6.07, 6.45) is 0.0745. The normalized spacial score (nSPS) is 11.0. The zero-order chi connectivity index (χ0) is 20.4. The Hall–Kier alpha value is -3.20. The van der Waals surface area contributed by atoms with Gasteiger partial charge in [0.1, 0.15) is 0 Å². The maximum Gasteiger partial charge on any atom is 0.269 e. The fraction of sp³-hybridized carbons (Fsp3) is 0.211. The van der Waals surface area contributed by atoms with Crippen LogP contribution in [-0.4, -0.2) is 28.2 Å². The van der Waals surface area contributed by atoms with E-state index in [-0.39, 0.29) is 29.7 Å². The van der Waals surface area contributed by atoms with Gasteiger partial charge in [0.2, 0.25) is 11.8 Å². The van der Waals surface area contributed by atoms with Gasteiger partial charge in [-0.05, 0) is 24.6 Å². The van der Waals surface area contributed by atoms with Gasteiger partial charge in [-0.15, -0.1) is 11.8 Å². The van der Waals surface area contributed by atoms with E-state index >= 15 is 0 Å². The molecule has 2 amide bonds. The highest BCUT2D eigenvalue weighted by molar-refractivity contribution is 7.99. The fourth-order valence-corrected chi connectivity index (χ4v) is 2.94. The fourth-order valence-electron chi connectivity index (χ4n) is 2.16. The highest BCUT2D eigenvalue weighted by atomic mass is 32.2. The molecule has 0 saturated carbocycles. The van der Waals surface area contributed by atoms with Crippen molar-refractivity contribution in [2.75, 3.05) is 11.1 Å². The number of rotatable bonds is 9. The van der Waals surface area contributed by atoms with Gasteiger partial charge in [-0.1, -0.05) is 30.3 Å². The largest absolute Gasteiger partial charge is 0.326 e. The Labute approximate surface area is 166 Å². The van der Waals surface area contributed by atoms with Crippen LogP contribution in [0, 0.1) is 10.1 Å². The lowest BCUT2D eigenvalue weighted by atomic mass is 10.2. The number of hydrogen-bond acceptors (Lipinski definition) is 6. The van der Waals surface area contributed by atoms with Crippen molar-refractivity contribution >= 4 is 40.7 Å². The summed E-state index contributed by atoms with van der Waals surface area (Å²) >= 11 is 1.37. The number of amides is 2. The number of nitro groups is 1. The average molecular weight is 400 g/mol. The smallest absolute Gasteiger partial charge is 0.269 e. The van der Waals surface area contributed by atoms with E-state index in [0.29, 0.717) is 17.2 Å². The van der Waals surface area contributed by atoms with Gasteiger partial charge < -0.3 is 5.32 Å². The van der Waals surface area contributed by atoms with Crippen LogP contribution in [0.25, 0.3) is 0 Å². The number of nitrogens with zero attached hydrogens (tertiary/aromatic N) is 2. The topological polar surface area (TPSA) is 114 Å². The van der Waals surface area contributed by atoms with E-state index in [1.54, 1.807) is 31.2 Å². The first-order chi connectivity index (χ1) is 13.4. The Balaban J connectivity index is 1.68. The molecule has 0 fully saturated rings. The van der Waals surface area contributed by atoms with Gasteiger partial charge in [0.25, 0.3) is 5.69 Å². The minimum atomic E-state index is -0.454. The molecule has 2 N–H and O–H groups in total. The monoisotopic (exact) mass is 400 g/mol. The number of benzene rings is 2.